The molecule has 1 atom stereocenters. The fourth-order valence-electron chi connectivity index (χ4n) is 1.62. The molecule has 0 fully saturated rings. The standard InChI is InChI=1S/C13H21NO/c1-5-15-9-12(4)14-13-10(2)7-6-8-11(13)3/h6-8,12,14H,5,9H2,1-4H3. The second-order valence-corrected chi connectivity index (χ2v) is 3.97. The van der Waals surface area contributed by atoms with Crippen molar-refractivity contribution in [1.82, 2.24) is 0 Å². The number of rotatable bonds is 5. The molecule has 0 saturated heterocycles. The van der Waals surface area contributed by atoms with Crippen LogP contribution in [0.2, 0.25) is 0 Å². The Morgan fingerprint density at radius 3 is 2.40 bits per heavy atom. The highest BCUT2D eigenvalue weighted by Crippen LogP contribution is 2.20. The second-order valence-electron chi connectivity index (χ2n) is 3.97. The number of anilines is 1. The summed E-state index contributed by atoms with van der Waals surface area (Å²) in [6.07, 6.45) is 0. The molecule has 1 aromatic carbocycles. The molecule has 1 N–H and O–H groups in total. The number of hydrogen-bond donors (Lipinski definition) is 1. The Bertz CT molecular complexity index is 289. The molecule has 2 nitrogen and oxygen atoms in total. The minimum Gasteiger partial charge on any atom is -0.380 e. The van der Waals surface area contributed by atoms with Crippen molar-refractivity contribution in [2.24, 2.45) is 0 Å². The molecule has 84 valence electrons. The molecule has 0 aliphatic carbocycles. The summed E-state index contributed by atoms with van der Waals surface area (Å²) in [7, 11) is 0. The van der Waals surface area contributed by atoms with Crippen molar-refractivity contribution in [3.8, 4) is 0 Å². The summed E-state index contributed by atoms with van der Waals surface area (Å²) in [5.41, 5.74) is 3.82. The molecule has 0 radical (unpaired) electrons. The Morgan fingerprint density at radius 1 is 1.27 bits per heavy atom. The van der Waals surface area contributed by atoms with Crippen molar-refractivity contribution in [3.63, 3.8) is 0 Å². The van der Waals surface area contributed by atoms with Crippen LogP contribution in [-0.4, -0.2) is 19.3 Å². The maximum Gasteiger partial charge on any atom is 0.0664 e. The smallest absolute Gasteiger partial charge is 0.0664 e. The summed E-state index contributed by atoms with van der Waals surface area (Å²) < 4.78 is 5.38. The van der Waals surface area contributed by atoms with Crippen molar-refractivity contribution in [3.05, 3.63) is 29.3 Å². The molecule has 0 aromatic heterocycles. The van der Waals surface area contributed by atoms with Crippen LogP contribution in [0.4, 0.5) is 5.69 Å². The van der Waals surface area contributed by atoms with Crippen LogP contribution in [0, 0.1) is 13.8 Å². The highest BCUT2D eigenvalue weighted by molar-refractivity contribution is 5.57. The normalized spacial score (nSPS) is 12.5. The van der Waals surface area contributed by atoms with Gasteiger partial charge in [-0.1, -0.05) is 18.2 Å². The first-order valence-electron chi connectivity index (χ1n) is 5.55. The predicted octanol–water partition coefficient (Wildman–Crippen LogP) is 3.14. The molecule has 0 heterocycles. The maximum atomic E-state index is 5.38. The zero-order valence-electron chi connectivity index (χ0n) is 10.1. The fourth-order valence-corrected chi connectivity index (χ4v) is 1.62. The Hall–Kier alpha value is -1.02. The third-order valence-electron chi connectivity index (χ3n) is 2.44. The van der Waals surface area contributed by atoms with Gasteiger partial charge in [0.15, 0.2) is 0 Å². The van der Waals surface area contributed by atoms with E-state index in [0.717, 1.165) is 13.2 Å². The Labute approximate surface area is 92.6 Å². The number of para-hydroxylation sites is 1. The molecule has 1 aromatic rings. The molecule has 0 spiro atoms. The Balaban J connectivity index is 2.63. The topological polar surface area (TPSA) is 21.3 Å². The zero-order valence-corrected chi connectivity index (χ0v) is 10.1. The second kappa shape index (κ2) is 5.76. The Morgan fingerprint density at radius 2 is 1.87 bits per heavy atom. The number of nitrogens with one attached hydrogen (secondary N) is 1. The number of hydrogen-bond acceptors (Lipinski definition) is 2. The van der Waals surface area contributed by atoms with Gasteiger partial charge in [0, 0.05) is 18.3 Å². The lowest BCUT2D eigenvalue weighted by atomic mass is 10.1. The van der Waals surface area contributed by atoms with Crippen molar-refractivity contribution in [2.45, 2.75) is 33.7 Å². The molecule has 15 heavy (non-hydrogen) atoms. The lowest BCUT2D eigenvalue weighted by Crippen LogP contribution is -2.22. The Kier molecular flexibility index (Phi) is 4.63. The average molecular weight is 207 g/mol. The minimum atomic E-state index is 0.352. The molecule has 1 unspecified atom stereocenters. The van der Waals surface area contributed by atoms with Crippen molar-refractivity contribution >= 4 is 5.69 Å². The van der Waals surface area contributed by atoms with Gasteiger partial charge in [-0.05, 0) is 38.8 Å². The van der Waals surface area contributed by atoms with Crippen LogP contribution in [0.15, 0.2) is 18.2 Å². The van der Waals surface area contributed by atoms with E-state index in [1.54, 1.807) is 0 Å². The first-order chi connectivity index (χ1) is 7.15. The highest BCUT2D eigenvalue weighted by atomic mass is 16.5. The van der Waals surface area contributed by atoms with Gasteiger partial charge in [-0.15, -0.1) is 0 Å². The van der Waals surface area contributed by atoms with Gasteiger partial charge in [-0.3, -0.25) is 0 Å². The summed E-state index contributed by atoms with van der Waals surface area (Å²) >= 11 is 0. The molecule has 0 bridgehead atoms. The molecule has 0 aliphatic rings. The van der Waals surface area contributed by atoms with Gasteiger partial charge in [0.05, 0.1) is 6.61 Å². The van der Waals surface area contributed by atoms with Gasteiger partial charge < -0.3 is 10.1 Å². The van der Waals surface area contributed by atoms with E-state index in [9.17, 15) is 0 Å². The van der Waals surface area contributed by atoms with E-state index in [2.05, 4.69) is 44.3 Å². The summed E-state index contributed by atoms with van der Waals surface area (Å²) in [5, 5.41) is 3.49. The number of ether oxygens (including phenoxy) is 1. The quantitative estimate of drug-likeness (QED) is 0.801. The van der Waals surface area contributed by atoms with Crippen LogP contribution >= 0.6 is 0 Å². The van der Waals surface area contributed by atoms with Crippen LogP contribution in [-0.2, 0) is 4.74 Å². The van der Waals surface area contributed by atoms with Crippen molar-refractivity contribution < 1.29 is 4.74 Å². The summed E-state index contributed by atoms with van der Waals surface area (Å²) in [5.74, 6) is 0. The predicted molar refractivity (Wildman–Crippen MR) is 65.5 cm³/mol. The first kappa shape index (κ1) is 12.1. The van der Waals surface area contributed by atoms with Gasteiger partial charge in [-0.25, -0.2) is 0 Å². The van der Waals surface area contributed by atoms with E-state index in [0.29, 0.717) is 6.04 Å². The van der Waals surface area contributed by atoms with Crippen LogP contribution in [0.25, 0.3) is 0 Å². The van der Waals surface area contributed by atoms with Crippen LogP contribution < -0.4 is 5.32 Å². The van der Waals surface area contributed by atoms with E-state index in [-0.39, 0.29) is 0 Å². The van der Waals surface area contributed by atoms with Crippen LogP contribution in [0.5, 0.6) is 0 Å². The third-order valence-corrected chi connectivity index (χ3v) is 2.44. The van der Waals surface area contributed by atoms with Crippen molar-refractivity contribution in [1.29, 1.82) is 0 Å². The molecule has 0 saturated carbocycles. The summed E-state index contributed by atoms with van der Waals surface area (Å²) in [4.78, 5) is 0. The van der Waals surface area contributed by atoms with Gasteiger partial charge in [0.2, 0.25) is 0 Å². The molecule has 0 amide bonds. The van der Waals surface area contributed by atoms with E-state index >= 15 is 0 Å². The van der Waals surface area contributed by atoms with Gasteiger partial charge in [-0.2, -0.15) is 0 Å². The van der Waals surface area contributed by atoms with Crippen molar-refractivity contribution in [2.75, 3.05) is 18.5 Å². The molecule has 2 heteroatoms. The van der Waals surface area contributed by atoms with Crippen LogP contribution in [0.3, 0.4) is 0 Å². The average Bonchev–Trinajstić information content (AvgIpc) is 2.21. The lowest BCUT2D eigenvalue weighted by Gasteiger charge is -2.18. The largest absolute Gasteiger partial charge is 0.380 e. The zero-order chi connectivity index (χ0) is 11.3. The van der Waals surface area contributed by atoms with E-state index in [1.165, 1.54) is 16.8 Å². The van der Waals surface area contributed by atoms with Gasteiger partial charge in [0.1, 0.15) is 0 Å². The van der Waals surface area contributed by atoms with E-state index in [4.69, 9.17) is 4.74 Å². The SMILES string of the molecule is CCOCC(C)Nc1c(C)cccc1C. The molecule has 1 rings (SSSR count). The van der Waals surface area contributed by atoms with Gasteiger partial charge >= 0.3 is 0 Å². The first-order valence-corrected chi connectivity index (χ1v) is 5.55. The third kappa shape index (κ3) is 3.56. The van der Waals surface area contributed by atoms with E-state index in [1.807, 2.05) is 6.92 Å². The maximum absolute atomic E-state index is 5.38. The lowest BCUT2D eigenvalue weighted by molar-refractivity contribution is 0.141. The highest BCUT2D eigenvalue weighted by Gasteiger charge is 2.05. The molecule has 0 aliphatic heterocycles. The number of aryl methyl sites for hydroxylation is 2. The summed E-state index contributed by atoms with van der Waals surface area (Å²) in [6, 6.07) is 6.69. The monoisotopic (exact) mass is 207 g/mol. The molecular weight excluding hydrogens is 186 g/mol. The minimum absolute atomic E-state index is 0.352. The van der Waals surface area contributed by atoms with E-state index < -0.39 is 0 Å². The number of benzene rings is 1. The van der Waals surface area contributed by atoms with Gasteiger partial charge in [0.25, 0.3) is 0 Å². The summed E-state index contributed by atoms with van der Waals surface area (Å²) in [6.45, 7) is 9.95. The fraction of sp³-hybridized carbons (Fsp3) is 0.538. The molecular formula is C13H21NO. The van der Waals surface area contributed by atoms with Crippen LogP contribution in [0.1, 0.15) is 25.0 Å².